The van der Waals surface area contributed by atoms with E-state index in [1.54, 1.807) is 31.4 Å². The molecule has 1 aliphatic carbocycles. The number of methoxy groups -OCH3 is 1. The summed E-state index contributed by atoms with van der Waals surface area (Å²) in [5.74, 6) is 0.620. The van der Waals surface area contributed by atoms with E-state index in [1.807, 2.05) is 6.07 Å². The molecule has 1 atom stereocenters. The van der Waals surface area contributed by atoms with Crippen LogP contribution in [-0.4, -0.2) is 30.6 Å². The van der Waals surface area contributed by atoms with E-state index in [9.17, 15) is 4.79 Å². The molecule has 0 bridgehead atoms. The maximum absolute atomic E-state index is 12.5. The molecule has 1 aliphatic rings. The molecule has 5 heteroatoms. The summed E-state index contributed by atoms with van der Waals surface area (Å²) in [6.45, 7) is 3.14. The van der Waals surface area contributed by atoms with Gasteiger partial charge in [0.15, 0.2) is 0 Å². The van der Waals surface area contributed by atoms with Gasteiger partial charge in [-0.05, 0) is 73.8 Å². The molecule has 0 saturated carbocycles. The summed E-state index contributed by atoms with van der Waals surface area (Å²) < 4.78 is 5.14. The molecule has 2 aromatic carbocycles. The zero-order valence-electron chi connectivity index (χ0n) is 15.8. The van der Waals surface area contributed by atoms with Crippen LogP contribution in [0, 0.1) is 0 Å². The third-order valence-electron chi connectivity index (χ3n) is 5.29. The lowest BCUT2D eigenvalue weighted by Gasteiger charge is -2.23. The fourth-order valence-electron chi connectivity index (χ4n) is 3.90. The molecule has 0 radical (unpaired) electrons. The van der Waals surface area contributed by atoms with Crippen molar-refractivity contribution >= 4 is 22.5 Å². The monoisotopic (exact) mass is 363 g/mol. The Balaban J connectivity index is 1.57. The minimum atomic E-state index is -0.119. The van der Waals surface area contributed by atoms with Crippen LogP contribution in [0.5, 0.6) is 5.75 Å². The van der Waals surface area contributed by atoms with Crippen molar-refractivity contribution < 1.29 is 9.53 Å². The van der Waals surface area contributed by atoms with Gasteiger partial charge in [-0.15, -0.1) is 0 Å². The number of carbonyl (C=O) groups excluding carboxylic acids is 1. The van der Waals surface area contributed by atoms with E-state index in [0.717, 1.165) is 42.8 Å². The van der Waals surface area contributed by atoms with Gasteiger partial charge in [-0.2, -0.15) is 0 Å². The number of anilines is 1. The molecule has 1 unspecified atom stereocenters. The first-order valence-electron chi connectivity index (χ1n) is 9.50. The van der Waals surface area contributed by atoms with Crippen molar-refractivity contribution in [3.63, 3.8) is 0 Å². The predicted molar refractivity (Wildman–Crippen MR) is 109 cm³/mol. The molecule has 1 aromatic heterocycles. The Morgan fingerprint density at radius 3 is 2.78 bits per heavy atom. The molecular formula is C22H25N3O2. The number of likely N-dealkylation sites (N-methyl/N-ethyl adjacent to an activating group) is 1. The Kier molecular flexibility index (Phi) is 4.86. The van der Waals surface area contributed by atoms with Crippen LogP contribution in [0.4, 0.5) is 5.69 Å². The third-order valence-corrected chi connectivity index (χ3v) is 5.29. The number of rotatable bonds is 5. The molecule has 1 amide bonds. The minimum Gasteiger partial charge on any atom is -0.497 e. The number of H-pyrrole nitrogens is 1. The first-order valence-corrected chi connectivity index (χ1v) is 9.50. The normalized spacial score (nSPS) is 16.1. The van der Waals surface area contributed by atoms with Gasteiger partial charge in [0, 0.05) is 33.9 Å². The van der Waals surface area contributed by atoms with Crippen LogP contribution in [0.1, 0.15) is 35.0 Å². The van der Waals surface area contributed by atoms with Crippen molar-refractivity contribution in [2.24, 2.45) is 0 Å². The highest BCUT2D eigenvalue weighted by Crippen LogP contribution is 2.31. The number of carbonyl (C=O) groups is 1. The van der Waals surface area contributed by atoms with Gasteiger partial charge in [-0.1, -0.05) is 6.92 Å². The lowest BCUT2D eigenvalue weighted by Crippen LogP contribution is -2.34. The Labute approximate surface area is 159 Å². The second-order valence-corrected chi connectivity index (χ2v) is 7.02. The molecule has 0 aliphatic heterocycles. The van der Waals surface area contributed by atoms with Crippen LogP contribution in [-0.2, 0) is 12.8 Å². The van der Waals surface area contributed by atoms with E-state index >= 15 is 0 Å². The molecule has 4 rings (SSSR count). The Bertz CT molecular complexity index is 960. The SMILES string of the molecule is CCNC1CCc2[nH]c3ccc(NC(=O)c4ccc(OC)cc4)cc3c2C1. The zero-order chi connectivity index (χ0) is 18.8. The second kappa shape index (κ2) is 7.45. The zero-order valence-corrected chi connectivity index (χ0v) is 15.8. The van der Waals surface area contributed by atoms with E-state index in [4.69, 9.17) is 4.74 Å². The maximum Gasteiger partial charge on any atom is 0.255 e. The molecule has 0 saturated heterocycles. The molecule has 3 N–H and O–H groups in total. The molecule has 1 heterocycles. The van der Waals surface area contributed by atoms with Crippen molar-refractivity contribution in [1.82, 2.24) is 10.3 Å². The highest BCUT2D eigenvalue weighted by Gasteiger charge is 2.22. The van der Waals surface area contributed by atoms with Crippen LogP contribution in [0.3, 0.4) is 0 Å². The molecule has 3 aromatic rings. The summed E-state index contributed by atoms with van der Waals surface area (Å²) in [6, 6.07) is 13.7. The summed E-state index contributed by atoms with van der Waals surface area (Å²) in [6.07, 6.45) is 3.25. The highest BCUT2D eigenvalue weighted by molar-refractivity contribution is 6.05. The molecule has 27 heavy (non-hydrogen) atoms. The van der Waals surface area contributed by atoms with Gasteiger partial charge in [0.05, 0.1) is 7.11 Å². The van der Waals surface area contributed by atoms with E-state index in [2.05, 4.69) is 34.7 Å². The summed E-state index contributed by atoms with van der Waals surface area (Å²) in [4.78, 5) is 16.1. The standard InChI is InChI=1S/C22H25N3O2/c1-3-23-15-6-10-20-18(12-15)19-13-16(7-11-21(19)25-20)24-22(26)14-4-8-17(27-2)9-5-14/h4-5,7-9,11,13,15,23,25H,3,6,10,12H2,1-2H3,(H,24,26). The number of hydrogen-bond donors (Lipinski definition) is 3. The topological polar surface area (TPSA) is 66.2 Å². The quantitative estimate of drug-likeness (QED) is 0.644. The number of amides is 1. The molecule has 5 nitrogen and oxygen atoms in total. The molecule has 140 valence electrons. The average molecular weight is 363 g/mol. The number of hydrogen-bond acceptors (Lipinski definition) is 3. The first-order chi connectivity index (χ1) is 13.2. The number of benzene rings is 2. The summed E-state index contributed by atoms with van der Waals surface area (Å²) in [7, 11) is 1.61. The lowest BCUT2D eigenvalue weighted by molar-refractivity contribution is 0.102. The average Bonchev–Trinajstić information content (AvgIpc) is 3.06. The van der Waals surface area contributed by atoms with Crippen molar-refractivity contribution in [3.8, 4) is 5.75 Å². The van der Waals surface area contributed by atoms with Gasteiger partial charge >= 0.3 is 0 Å². The minimum absolute atomic E-state index is 0.119. The number of nitrogens with one attached hydrogen (secondary N) is 3. The van der Waals surface area contributed by atoms with E-state index in [1.165, 1.54) is 16.6 Å². The predicted octanol–water partition coefficient (Wildman–Crippen LogP) is 3.90. The second-order valence-electron chi connectivity index (χ2n) is 7.02. The number of fused-ring (bicyclic) bond motifs is 3. The Morgan fingerprint density at radius 2 is 2.04 bits per heavy atom. The number of aromatic amines is 1. The summed E-state index contributed by atoms with van der Waals surface area (Å²) >= 11 is 0. The van der Waals surface area contributed by atoms with Gasteiger partial charge in [0.1, 0.15) is 5.75 Å². The van der Waals surface area contributed by atoms with Crippen molar-refractivity contribution in [1.29, 1.82) is 0 Å². The number of ether oxygens (including phenoxy) is 1. The third kappa shape index (κ3) is 3.55. The van der Waals surface area contributed by atoms with Crippen LogP contribution >= 0.6 is 0 Å². The molecule has 0 spiro atoms. The first kappa shape index (κ1) is 17.6. The smallest absolute Gasteiger partial charge is 0.255 e. The van der Waals surface area contributed by atoms with Crippen molar-refractivity contribution in [2.45, 2.75) is 32.2 Å². The van der Waals surface area contributed by atoms with Gasteiger partial charge in [0.2, 0.25) is 0 Å². The summed E-state index contributed by atoms with van der Waals surface area (Å²) in [5.41, 5.74) is 5.27. The fourth-order valence-corrected chi connectivity index (χ4v) is 3.90. The van der Waals surface area contributed by atoms with Crippen molar-refractivity contribution in [2.75, 3.05) is 19.0 Å². The van der Waals surface area contributed by atoms with Gasteiger partial charge in [0.25, 0.3) is 5.91 Å². The van der Waals surface area contributed by atoms with E-state index in [0.29, 0.717) is 11.6 Å². The maximum atomic E-state index is 12.5. The van der Waals surface area contributed by atoms with Crippen LogP contribution < -0.4 is 15.4 Å². The molecule has 0 fully saturated rings. The van der Waals surface area contributed by atoms with E-state index < -0.39 is 0 Å². The number of aryl methyl sites for hydroxylation is 1. The molecular weight excluding hydrogens is 338 g/mol. The fraction of sp³-hybridized carbons (Fsp3) is 0.318. The van der Waals surface area contributed by atoms with Gasteiger partial charge in [-0.3, -0.25) is 4.79 Å². The van der Waals surface area contributed by atoms with Crippen molar-refractivity contribution in [3.05, 3.63) is 59.3 Å². The largest absolute Gasteiger partial charge is 0.497 e. The Morgan fingerprint density at radius 1 is 1.22 bits per heavy atom. The van der Waals surface area contributed by atoms with E-state index in [-0.39, 0.29) is 5.91 Å². The lowest BCUT2D eigenvalue weighted by atomic mass is 9.91. The summed E-state index contributed by atoms with van der Waals surface area (Å²) in [5, 5.41) is 7.78. The highest BCUT2D eigenvalue weighted by atomic mass is 16.5. The van der Waals surface area contributed by atoms with Gasteiger partial charge < -0.3 is 20.4 Å². The van der Waals surface area contributed by atoms with Crippen LogP contribution in [0.15, 0.2) is 42.5 Å². The van der Waals surface area contributed by atoms with Gasteiger partial charge in [-0.25, -0.2) is 0 Å². The number of aromatic nitrogens is 1. The van der Waals surface area contributed by atoms with Crippen LogP contribution in [0.2, 0.25) is 0 Å². The Hall–Kier alpha value is -2.79. The van der Waals surface area contributed by atoms with Crippen LogP contribution in [0.25, 0.3) is 10.9 Å².